The maximum Gasteiger partial charge on any atom is 0.490 e. The number of β-lactam (4-membered cyclic amide) rings is 1. The fourth-order valence-corrected chi connectivity index (χ4v) is 5.21. The van der Waals surface area contributed by atoms with E-state index < -0.39 is 52.9 Å². The average Bonchev–Trinajstić information content (AvgIpc) is 3.31. The molecule has 1 unspecified atom stereocenters. The van der Waals surface area contributed by atoms with E-state index in [-0.39, 0.29) is 34.6 Å². The van der Waals surface area contributed by atoms with E-state index in [0.717, 1.165) is 16.2 Å². The number of nitrogens with zero attached hydrogens (tertiary/aromatic N) is 3. The molecule has 2 aliphatic heterocycles. The number of carbonyl (C=O) groups is 4. The first-order chi connectivity index (χ1) is 18.8. The summed E-state index contributed by atoms with van der Waals surface area (Å²) < 4.78 is 50.9. The van der Waals surface area contributed by atoms with E-state index in [1.807, 2.05) is 0 Å². The number of amides is 2. The third kappa shape index (κ3) is 6.60. The quantitative estimate of drug-likeness (QED) is 0.100. The minimum Gasteiger partial charge on any atom is -0.486 e. The van der Waals surface area contributed by atoms with E-state index in [9.17, 15) is 42.3 Å². The van der Waals surface area contributed by atoms with Crippen LogP contribution >= 0.6 is 23.1 Å². The third-order valence-electron chi connectivity index (χ3n) is 5.10. The summed E-state index contributed by atoms with van der Waals surface area (Å²) in [6.45, 7) is -0.227. The fourth-order valence-electron chi connectivity index (χ4n) is 3.34. The maximum absolute atomic E-state index is 13.8. The molecule has 6 N–H and O–H groups in total. The molecule has 2 aromatic rings. The van der Waals surface area contributed by atoms with Crippen LogP contribution in [0.1, 0.15) is 5.69 Å². The van der Waals surface area contributed by atoms with Gasteiger partial charge in [0.25, 0.3) is 11.8 Å². The van der Waals surface area contributed by atoms with E-state index in [0.29, 0.717) is 5.57 Å². The van der Waals surface area contributed by atoms with E-state index in [1.54, 1.807) is 6.07 Å². The molecular formula is C21H17F4N5O8S2. The lowest BCUT2D eigenvalue weighted by Gasteiger charge is -2.49. The number of fused-ring (bicyclic) bond motifs is 1. The van der Waals surface area contributed by atoms with Crippen molar-refractivity contribution in [1.82, 2.24) is 15.2 Å². The Hall–Kier alpha value is -4.39. The van der Waals surface area contributed by atoms with Crippen molar-refractivity contribution in [1.29, 1.82) is 0 Å². The zero-order chi connectivity index (χ0) is 29.8. The topological polar surface area (TPSA) is 205 Å². The van der Waals surface area contributed by atoms with Crippen LogP contribution in [0.2, 0.25) is 0 Å². The smallest absolute Gasteiger partial charge is 0.486 e. The van der Waals surface area contributed by atoms with Gasteiger partial charge in [0.15, 0.2) is 22.4 Å². The molecule has 1 aromatic carbocycles. The Labute approximate surface area is 228 Å². The molecule has 19 heteroatoms. The lowest BCUT2D eigenvalue weighted by atomic mass is 10.0. The monoisotopic (exact) mass is 607 g/mol. The van der Waals surface area contributed by atoms with Crippen molar-refractivity contribution in [2.45, 2.75) is 17.6 Å². The summed E-state index contributed by atoms with van der Waals surface area (Å²) >= 11 is 2.25. The van der Waals surface area contributed by atoms with Crippen LogP contribution in [-0.2, 0) is 19.2 Å². The number of carboxylic acids is 2. The summed E-state index contributed by atoms with van der Waals surface area (Å²) in [6.07, 6.45) is -5.08. The third-order valence-corrected chi connectivity index (χ3v) is 7.11. The van der Waals surface area contributed by atoms with E-state index in [2.05, 4.69) is 15.5 Å². The predicted molar refractivity (Wildman–Crippen MR) is 130 cm³/mol. The van der Waals surface area contributed by atoms with Crippen LogP contribution in [0.5, 0.6) is 5.75 Å². The van der Waals surface area contributed by atoms with Crippen LogP contribution < -0.4 is 15.8 Å². The Morgan fingerprint density at radius 1 is 1.25 bits per heavy atom. The number of oxime groups is 1. The zero-order valence-electron chi connectivity index (χ0n) is 19.6. The number of carbonyl (C=O) groups excluding carboxylic acids is 2. The van der Waals surface area contributed by atoms with Crippen LogP contribution in [0.4, 0.5) is 22.7 Å². The highest BCUT2D eigenvalue weighted by molar-refractivity contribution is 8.00. The molecular weight excluding hydrogens is 590 g/mol. The first-order valence-corrected chi connectivity index (χ1v) is 12.5. The first-order valence-electron chi connectivity index (χ1n) is 10.6. The van der Waals surface area contributed by atoms with Gasteiger partial charge in [0.05, 0.1) is 0 Å². The van der Waals surface area contributed by atoms with Gasteiger partial charge in [-0.25, -0.2) is 19.0 Å². The van der Waals surface area contributed by atoms with Crippen LogP contribution in [0, 0.1) is 5.82 Å². The SMILES string of the molecule is Nc1nc(/C(=N/O)C(=O)NC2C(=O)N3C(C(=O)O)=C(COc4ccccc4F)CS[C@H]23)cs1.O=C(O)C(F)(F)F. The molecule has 2 atom stereocenters. The number of rotatable bonds is 7. The summed E-state index contributed by atoms with van der Waals surface area (Å²) in [7, 11) is 0. The van der Waals surface area contributed by atoms with Gasteiger partial charge < -0.3 is 31.2 Å². The Bertz CT molecular complexity index is 1400. The predicted octanol–water partition coefficient (Wildman–Crippen LogP) is 1.49. The largest absolute Gasteiger partial charge is 0.490 e. The van der Waals surface area contributed by atoms with Crippen molar-refractivity contribution < 1.29 is 56.9 Å². The van der Waals surface area contributed by atoms with Crippen molar-refractivity contribution in [2.24, 2.45) is 5.16 Å². The van der Waals surface area contributed by atoms with Gasteiger partial charge in [-0.1, -0.05) is 17.3 Å². The summed E-state index contributed by atoms with van der Waals surface area (Å²) in [5.41, 5.74) is 5.16. The molecule has 4 rings (SSSR count). The number of hydrogen-bond donors (Lipinski definition) is 5. The fraction of sp³-hybridized carbons (Fsp3) is 0.238. The van der Waals surface area contributed by atoms with Crippen molar-refractivity contribution in [2.75, 3.05) is 18.1 Å². The Morgan fingerprint density at radius 2 is 1.90 bits per heavy atom. The number of nitrogens with two attached hydrogens (primary N) is 1. The first kappa shape index (κ1) is 30.2. The number of nitrogens with one attached hydrogen (secondary N) is 1. The van der Waals surface area contributed by atoms with Crippen LogP contribution in [0.15, 0.2) is 46.1 Å². The highest BCUT2D eigenvalue weighted by Gasteiger charge is 2.54. The van der Waals surface area contributed by atoms with Crippen LogP contribution in [-0.4, -0.2) is 84.7 Å². The maximum atomic E-state index is 13.8. The van der Waals surface area contributed by atoms with Gasteiger partial charge in [-0.3, -0.25) is 14.5 Å². The number of alkyl halides is 3. The van der Waals surface area contributed by atoms with Crippen molar-refractivity contribution in [3.05, 3.63) is 52.4 Å². The number of anilines is 1. The van der Waals surface area contributed by atoms with Crippen molar-refractivity contribution in [3.63, 3.8) is 0 Å². The zero-order valence-corrected chi connectivity index (χ0v) is 21.2. The molecule has 0 aliphatic carbocycles. The Kier molecular flexibility index (Phi) is 9.20. The summed E-state index contributed by atoms with van der Waals surface area (Å²) in [5.74, 6) is -6.08. The van der Waals surface area contributed by atoms with E-state index >= 15 is 0 Å². The number of thiazole rings is 1. The second kappa shape index (κ2) is 12.2. The van der Waals surface area contributed by atoms with Gasteiger partial charge in [0, 0.05) is 16.7 Å². The van der Waals surface area contributed by atoms with Gasteiger partial charge in [-0.05, 0) is 12.1 Å². The molecule has 0 spiro atoms. The summed E-state index contributed by atoms with van der Waals surface area (Å²) in [6, 6.07) is 4.65. The molecule has 40 heavy (non-hydrogen) atoms. The molecule has 2 amide bonds. The van der Waals surface area contributed by atoms with Gasteiger partial charge in [-0.2, -0.15) is 13.2 Å². The molecule has 0 saturated carbocycles. The van der Waals surface area contributed by atoms with Gasteiger partial charge in [-0.15, -0.1) is 23.1 Å². The Balaban J connectivity index is 0.000000559. The number of benzene rings is 1. The highest BCUT2D eigenvalue weighted by atomic mass is 32.2. The molecule has 0 radical (unpaired) electrons. The summed E-state index contributed by atoms with van der Waals surface area (Å²) in [4.78, 5) is 51.0. The normalized spacial score (nSPS) is 18.6. The minimum atomic E-state index is -5.08. The van der Waals surface area contributed by atoms with Crippen molar-refractivity contribution >= 4 is 57.7 Å². The number of hydrogen-bond acceptors (Lipinski definition) is 11. The van der Waals surface area contributed by atoms with Crippen molar-refractivity contribution in [3.8, 4) is 5.75 Å². The van der Waals surface area contributed by atoms with Gasteiger partial charge in [0.2, 0.25) is 0 Å². The number of thioether (sulfide) groups is 1. The summed E-state index contributed by atoms with van der Waals surface area (Å²) in [5, 5.41) is 32.3. The number of aromatic nitrogens is 1. The standard InChI is InChI=1S/C19H16FN5O6S2.C2HF3O2/c20-9-3-1-2-4-11(9)31-5-8-6-32-17-13(16(27)25(17)14(8)18(28)29)23-15(26)12(24-30)10-7-33-19(21)22-10;3-2(4,5)1(6)7/h1-4,7,13,17,30H,5-6H2,(H2,21,22)(H,23,26)(H,28,29);(H,6,7)/b24-12-;/t13?,17-;/m1./s1. The second-order valence-corrected chi connectivity index (χ2v) is 9.65. The number of nitrogen functional groups attached to an aromatic ring is 1. The molecule has 1 aromatic heterocycles. The molecule has 1 saturated heterocycles. The minimum absolute atomic E-state index is 0.0381. The van der Waals surface area contributed by atoms with Crippen LogP contribution in [0.3, 0.4) is 0 Å². The number of para-hydroxylation sites is 1. The second-order valence-electron chi connectivity index (χ2n) is 7.66. The molecule has 2 aliphatic rings. The Morgan fingerprint density at radius 3 is 2.42 bits per heavy atom. The molecule has 3 heterocycles. The number of ether oxygens (including phenoxy) is 1. The molecule has 13 nitrogen and oxygen atoms in total. The number of halogens is 4. The van der Waals surface area contributed by atoms with Crippen LogP contribution in [0.25, 0.3) is 0 Å². The average molecular weight is 608 g/mol. The number of carboxylic acid groups (broad SMARTS) is 2. The number of aliphatic carboxylic acids is 2. The highest BCUT2D eigenvalue weighted by Crippen LogP contribution is 2.40. The lowest BCUT2D eigenvalue weighted by Crippen LogP contribution is -2.71. The van der Waals surface area contributed by atoms with E-state index in [4.69, 9.17) is 20.4 Å². The van der Waals surface area contributed by atoms with Gasteiger partial charge >= 0.3 is 18.1 Å². The molecule has 214 valence electrons. The lowest BCUT2D eigenvalue weighted by molar-refractivity contribution is -0.192. The van der Waals surface area contributed by atoms with Gasteiger partial charge in [0.1, 0.15) is 29.4 Å². The van der Waals surface area contributed by atoms with E-state index in [1.165, 1.54) is 35.3 Å². The molecule has 1 fully saturated rings. The molecule has 0 bridgehead atoms.